The first-order chi connectivity index (χ1) is 29.7. The maximum atomic E-state index is 5.23. The van der Waals surface area contributed by atoms with Gasteiger partial charge in [-0.1, -0.05) is 212 Å². The van der Waals surface area contributed by atoms with Gasteiger partial charge in [0.2, 0.25) is 0 Å². The Bertz CT molecular complexity index is 2910. The quantitative estimate of drug-likeness (QED) is 0.159. The lowest BCUT2D eigenvalue weighted by molar-refractivity contribution is 0.674. The van der Waals surface area contributed by atoms with E-state index in [1.54, 1.807) is 0 Å². The predicted octanol–water partition coefficient (Wildman–Crippen LogP) is 12.4. The molecular weight excluding hydrogens is 733 g/mol. The second kappa shape index (κ2) is 16.4. The van der Waals surface area contributed by atoms with Gasteiger partial charge < -0.3 is 5.32 Å². The van der Waals surface area contributed by atoms with Crippen LogP contribution in [0.4, 0.5) is 0 Å². The van der Waals surface area contributed by atoms with E-state index in [1.165, 1.54) is 0 Å². The van der Waals surface area contributed by atoms with Crippen molar-refractivity contribution >= 4 is 11.7 Å². The molecule has 1 aliphatic rings. The molecule has 0 aliphatic carbocycles. The van der Waals surface area contributed by atoms with Gasteiger partial charge in [0.25, 0.3) is 0 Å². The second-order valence-corrected chi connectivity index (χ2v) is 14.5. The third-order valence-electron chi connectivity index (χ3n) is 10.6. The summed E-state index contributed by atoms with van der Waals surface area (Å²) < 4.78 is 0. The van der Waals surface area contributed by atoms with Crippen LogP contribution in [0.15, 0.2) is 228 Å². The average Bonchev–Trinajstić information content (AvgIpc) is 3.35. The SMILES string of the molecule is c1ccc(C2=NC(c3ccccc3-c3ccc(-c4ccc(-c5nc(-c6ccccc6)nc(-c6ccccc6)n5)cc4)cc3-c3ccccc3)=NC(c3ccccc3)N2)cc1. The monoisotopic (exact) mass is 770 g/mol. The Morgan fingerprint density at radius 2 is 0.733 bits per heavy atom. The Hall–Kier alpha value is -8.09. The fourth-order valence-corrected chi connectivity index (χ4v) is 7.60. The smallest absolute Gasteiger partial charge is 0.164 e. The van der Waals surface area contributed by atoms with Crippen LogP contribution >= 0.6 is 0 Å². The highest BCUT2D eigenvalue weighted by molar-refractivity contribution is 6.15. The van der Waals surface area contributed by atoms with Gasteiger partial charge in [-0.05, 0) is 45.0 Å². The Labute approximate surface area is 349 Å². The normalized spacial score (nSPS) is 13.5. The van der Waals surface area contributed by atoms with Gasteiger partial charge in [-0.15, -0.1) is 0 Å². The van der Waals surface area contributed by atoms with Crippen molar-refractivity contribution in [3.63, 3.8) is 0 Å². The molecule has 8 aromatic carbocycles. The van der Waals surface area contributed by atoms with Gasteiger partial charge >= 0.3 is 0 Å². The third kappa shape index (κ3) is 7.53. The van der Waals surface area contributed by atoms with Crippen molar-refractivity contribution < 1.29 is 0 Å². The van der Waals surface area contributed by atoms with Crippen molar-refractivity contribution in [1.82, 2.24) is 20.3 Å². The third-order valence-corrected chi connectivity index (χ3v) is 10.6. The van der Waals surface area contributed by atoms with Crippen molar-refractivity contribution in [1.29, 1.82) is 0 Å². The molecular formula is C54H38N6. The van der Waals surface area contributed by atoms with E-state index in [-0.39, 0.29) is 6.17 Å². The van der Waals surface area contributed by atoms with Crippen LogP contribution in [0.2, 0.25) is 0 Å². The summed E-state index contributed by atoms with van der Waals surface area (Å²) in [5, 5.41) is 3.59. The molecule has 1 atom stereocenters. The molecule has 10 rings (SSSR count). The largest absolute Gasteiger partial charge is 0.344 e. The molecule has 0 amide bonds. The molecule has 0 spiro atoms. The molecule has 1 unspecified atom stereocenters. The molecule has 9 aromatic rings. The van der Waals surface area contributed by atoms with Crippen LogP contribution in [-0.4, -0.2) is 26.6 Å². The molecule has 284 valence electrons. The number of hydrogen-bond acceptors (Lipinski definition) is 6. The van der Waals surface area contributed by atoms with Crippen molar-refractivity contribution in [2.24, 2.45) is 9.98 Å². The molecule has 0 radical (unpaired) electrons. The number of hydrogen-bond donors (Lipinski definition) is 1. The Kier molecular flexibility index (Phi) is 9.92. The van der Waals surface area contributed by atoms with E-state index >= 15 is 0 Å². The summed E-state index contributed by atoms with van der Waals surface area (Å²) in [6.07, 6.45) is -0.298. The molecule has 0 saturated heterocycles. The van der Waals surface area contributed by atoms with Crippen LogP contribution in [0.5, 0.6) is 0 Å². The van der Waals surface area contributed by atoms with Gasteiger partial charge in [0.1, 0.15) is 12.0 Å². The zero-order chi connectivity index (χ0) is 40.1. The van der Waals surface area contributed by atoms with Crippen LogP contribution in [-0.2, 0) is 0 Å². The van der Waals surface area contributed by atoms with Crippen molar-refractivity contribution in [2.75, 3.05) is 0 Å². The topological polar surface area (TPSA) is 75.4 Å². The van der Waals surface area contributed by atoms with Crippen LogP contribution in [0.1, 0.15) is 22.9 Å². The first kappa shape index (κ1) is 36.3. The van der Waals surface area contributed by atoms with Gasteiger partial charge in [-0.3, -0.25) is 0 Å². The van der Waals surface area contributed by atoms with Gasteiger partial charge in [0.15, 0.2) is 23.3 Å². The predicted molar refractivity (Wildman–Crippen MR) is 244 cm³/mol. The second-order valence-electron chi connectivity index (χ2n) is 14.5. The number of rotatable bonds is 9. The number of aliphatic imine (C=N–C) groups is 2. The number of nitrogens with zero attached hydrogens (tertiary/aromatic N) is 5. The number of amidine groups is 2. The Morgan fingerprint density at radius 3 is 1.30 bits per heavy atom. The highest BCUT2D eigenvalue weighted by Crippen LogP contribution is 2.39. The molecule has 1 N–H and O–H groups in total. The van der Waals surface area contributed by atoms with E-state index in [1.807, 2.05) is 97.1 Å². The summed E-state index contributed by atoms with van der Waals surface area (Å²) in [6.45, 7) is 0. The van der Waals surface area contributed by atoms with Crippen LogP contribution < -0.4 is 5.32 Å². The number of benzene rings is 8. The summed E-state index contributed by atoms with van der Waals surface area (Å²) in [6, 6.07) is 74.9. The molecule has 60 heavy (non-hydrogen) atoms. The Morgan fingerprint density at radius 1 is 0.317 bits per heavy atom. The van der Waals surface area contributed by atoms with Crippen molar-refractivity contribution in [3.8, 4) is 67.5 Å². The van der Waals surface area contributed by atoms with Crippen molar-refractivity contribution in [2.45, 2.75) is 6.17 Å². The Balaban J connectivity index is 1.05. The average molecular weight is 771 g/mol. The first-order valence-electron chi connectivity index (χ1n) is 20.0. The van der Waals surface area contributed by atoms with Crippen LogP contribution in [0, 0.1) is 0 Å². The minimum atomic E-state index is -0.298. The van der Waals surface area contributed by atoms with Gasteiger partial charge in [-0.2, -0.15) is 0 Å². The highest BCUT2D eigenvalue weighted by Gasteiger charge is 2.23. The molecule has 0 fully saturated rings. The molecule has 1 aliphatic heterocycles. The summed E-state index contributed by atoms with van der Waals surface area (Å²) in [5.41, 5.74) is 12.4. The van der Waals surface area contributed by atoms with E-state index in [0.717, 1.165) is 72.6 Å². The lowest BCUT2D eigenvalue weighted by Crippen LogP contribution is -2.33. The number of aromatic nitrogens is 3. The van der Waals surface area contributed by atoms with E-state index in [0.29, 0.717) is 23.3 Å². The number of nitrogens with one attached hydrogen (secondary N) is 1. The standard InChI is InChI=1S/C54H38N6/c1-6-18-38(19-7-1)48-36-44(37-30-32-43(33-31-37)53-56-49(39-20-8-2-9-21-39)55-50(57-53)40-22-10-3-11-23-40)34-35-46(48)45-28-16-17-29-47(45)54-59-51(41-24-12-4-13-25-41)58-52(60-54)42-26-14-5-15-27-42/h1-36,51H,(H,58,59,60). The van der Waals surface area contributed by atoms with E-state index in [2.05, 4.69) is 127 Å². The fraction of sp³-hybridized carbons (Fsp3) is 0.0185. The fourth-order valence-electron chi connectivity index (χ4n) is 7.60. The minimum absolute atomic E-state index is 0.298. The maximum absolute atomic E-state index is 5.23. The zero-order valence-electron chi connectivity index (χ0n) is 32.6. The minimum Gasteiger partial charge on any atom is -0.344 e. The van der Waals surface area contributed by atoms with E-state index in [4.69, 9.17) is 24.9 Å². The highest BCUT2D eigenvalue weighted by atomic mass is 15.2. The van der Waals surface area contributed by atoms with Gasteiger partial charge in [0, 0.05) is 27.8 Å². The maximum Gasteiger partial charge on any atom is 0.164 e. The van der Waals surface area contributed by atoms with Crippen molar-refractivity contribution in [3.05, 3.63) is 235 Å². The molecule has 2 heterocycles. The molecule has 0 bridgehead atoms. The van der Waals surface area contributed by atoms with Crippen LogP contribution in [0.3, 0.4) is 0 Å². The molecule has 0 saturated carbocycles. The summed E-state index contributed by atoms with van der Waals surface area (Å²) in [4.78, 5) is 25.2. The summed E-state index contributed by atoms with van der Waals surface area (Å²) >= 11 is 0. The van der Waals surface area contributed by atoms with E-state index < -0.39 is 0 Å². The van der Waals surface area contributed by atoms with Gasteiger partial charge in [0.05, 0.1) is 0 Å². The summed E-state index contributed by atoms with van der Waals surface area (Å²) in [5.74, 6) is 3.37. The lowest BCUT2D eigenvalue weighted by Gasteiger charge is -2.24. The summed E-state index contributed by atoms with van der Waals surface area (Å²) in [7, 11) is 0. The van der Waals surface area contributed by atoms with Crippen LogP contribution in [0.25, 0.3) is 67.5 Å². The molecule has 6 heteroatoms. The molecule has 1 aromatic heterocycles. The van der Waals surface area contributed by atoms with E-state index in [9.17, 15) is 0 Å². The zero-order valence-corrected chi connectivity index (χ0v) is 32.6. The first-order valence-corrected chi connectivity index (χ1v) is 20.0. The molecule has 6 nitrogen and oxygen atoms in total. The van der Waals surface area contributed by atoms with Gasteiger partial charge in [-0.25, -0.2) is 24.9 Å². The lowest BCUT2D eigenvalue weighted by atomic mass is 9.88.